The molecule has 3 rings (SSSR count). The molecule has 106 valence electrons. The van der Waals surface area contributed by atoms with Gasteiger partial charge >= 0.3 is 0 Å². The lowest BCUT2D eigenvalue weighted by atomic mass is 10.2. The third-order valence-electron chi connectivity index (χ3n) is 3.11. The first-order valence-electron chi connectivity index (χ1n) is 6.33. The van der Waals surface area contributed by atoms with E-state index in [9.17, 15) is 10.1 Å². The Balaban J connectivity index is 1.82. The minimum atomic E-state index is -0.466. The number of nitrogens with zero attached hydrogens (tertiary/aromatic N) is 3. The first-order chi connectivity index (χ1) is 10.1. The number of hydrogen-bond acceptors (Lipinski definition) is 6. The average molecular weight is 284 g/mol. The Bertz CT molecular complexity index is 813. The third-order valence-corrected chi connectivity index (χ3v) is 3.11. The van der Waals surface area contributed by atoms with E-state index in [1.807, 2.05) is 19.1 Å². The Hall–Kier alpha value is -2.96. The van der Waals surface area contributed by atoms with Gasteiger partial charge in [-0.25, -0.2) is 0 Å². The van der Waals surface area contributed by atoms with Crippen molar-refractivity contribution in [2.45, 2.75) is 13.5 Å². The van der Waals surface area contributed by atoms with Crippen molar-refractivity contribution >= 4 is 22.8 Å². The van der Waals surface area contributed by atoms with Crippen molar-refractivity contribution in [2.75, 3.05) is 5.32 Å². The molecule has 0 fully saturated rings. The largest absolute Gasteiger partial charge is 0.423 e. The smallest absolute Gasteiger partial charge is 0.296 e. The Morgan fingerprint density at radius 3 is 3.00 bits per heavy atom. The van der Waals surface area contributed by atoms with Crippen molar-refractivity contribution in [2.24, 2.45) is 0 Å². The summed E-state index contributed by atoms with van der Waals surface area (Å²) < 4.78 is 5.47. The summed E-state index contributed by atoms with van der Waals surface area (Å²) in [6.45, 7) is 2.45. The number of fused-ring (bicyclic) bond motifs is 1. The standard InChI is InChI=1S/C14H12N4O3/c1-9-3-2-6-15-12(9)8-16-14-17-11-5-4-10(18(19)20)7-13(11)21-14/h2-7H,8H2,1H3,(H,16,17). The molecule has 0 saturated carbocycles. The van der Waals surface area contributed by atoms with Crippen LogP contribution in [-0.2, 0) is 6.54 Å². The number of oxazole rings is 1. The fraction of sp³-hybridized carbons (Fsp3) is 0.143. The van der Waals surface area contributed by atoms with Crippen LogP contribution in [0.25, 0.3) is 11.1 Å². The van der Waals surface area contributed by atoms with E-state index in [-0.39, 0.29) is 5.69 Å². The fourth-order valence-corrected chi connectivity index (χ4v) is 1.97. The lowest BCUT2D eigenvalue weighted by Crippen LogP contribution is -2.03. The molecule has 7 nitrogen and oxygen atoms in total. The van der Waals surface area contributed by atoms with Crippen LogP contribution in [0.2, 0.25) is 0 Å². The van der Waals surface area contributed by atoms with E-state index >= 15 is 0 Å². The molecule has 0 unspecified atom stereocenters. The molecule has 0 bridgehead atoms. The number of anilines is 1. The van der Waals surface area contributed by atoms with E-state index in [2.05, 4.69) is 15.3 Å². The highest BCUT2D eigenvalue weighted by Gasteiger charge is 2.11. The zero-order valence-corrected chi connectivity index (χ0v) is 11.2. The molecule has 0 aliphatic rings. The molecular formula is C14H12N4O3. The molecule has 0 saturated heterocycles. The maximum Gasteiger partial charge on any atom is 0.296 e. The van der Waals surface area contributed by atoms with Crippen molar-refractivity contribution in [1.82, 2.24) is 9.97 Å². The maximum absolute atomic E-state index is 10.7. The summed E-state index contributed by atoms with van der Waals surface area (Å²) in [7, 11) is 0. The maximum atomic E-state index is 10.7. The molecule has 21 heavy (non-hydrogen) atoms. The van der Waals surface area contributed by atoms with Gasteiger partial charge in [0.1, 0.15) is 5.52 Å². The molecule has 0 aliphatic carbocycles. The van der Waals surface area contributed by atoms with Crippen molar-refractivity contribution in [3.63, 3.8) is 0 Å². The predicted molar refractivity (Wildman–Crippen MR) is 77.0 cm³/mol. The van der Waals surface area contributed by atoms with Gasteiger partial charge in [-0.2, -0.15) is 4.98 Å². The number of rotatable bonds is 4. The van der Waals surface area contributed by atoms with Gasteiger partial charge in [0.05, 0.1) is 23.2 Å². The van der Waals surface area contributed by atoms with Gasteiger partial charge in [-0.15, -0.1) is 0 Å². The summed E-state index contributed by atoms with van der Waals surface area (Å²) in [5.74, 6) is 0. The molecule has 0 atom stereocenters. The molecule has 0 aliphatic heterocycles. The number of non-ortho nitro benzene ring substituents is 1. The van der Waals surface area contributed by atoms with E-state index in [0.717, 1.165) is 11.3 Å². The van der Waals surface area contributed by atoms with Gasteiger partial charge in [0.2, 0.25) is 0 Å². The second kappa shape index (κ2) is 5.20. The van der Waals surface area contributed by atoms with Crippen LogP contribution in [0.15, 0.2) is 40.9 Å². The summed E-state index contributed by atoms with van der Waals surface area (Å²) in [6.07, 6.45) is 1.72. The SMILES string of the molecule is Cc1cccnc1CNc1nc2ccc([N+](=O)[O-])cc2o1. The molecular weight excluding hydrogens is 272 g/mol. The summed E-state index contributed by atoms with van der Waals surface area (Å²) in [6, 6.07) is 8.48. The summed E-state index contributed by atoms with van der Waals surface area (Å²) in [4.78, 5) is 18.7. The molecule has 2 aromatic heterocycles. The number of pyridine rings is 1. The van der Waals surface area contributed by atoms with Gasteiger partial charge in [0.25, 0.3) is 11.7 Å². The van der Waals surface area contributed by atoms with Crippen LogP contribution in [0.4, 0.5) is 11.7 Å². The minimum Gasteiger partial charge on any atom is -0.423 e. The van der Waals surface area contributed by atoms with Crippen LogP contribution < -0.4 is 5.32 Å². The Labute approximate surface area is 119 Å². The molecule has 0 amide bonds. The number of benzene rings is 1. The highest BCUT2D eigenvalue weighted by Crippen LogP contribution is 2.23. The van der Waals surface area contributed by atoms with E-state index in [0.29, 0.717) is 23.7 Å². The molecule has 2 heterocycles. The van der Waals surface area contributed by atoms with Crippen LogP contribution in [0, 0.1) is 17.0 Å². The zero-order chi connectivity index (χ0) is 14.8. The van der Waals surface area contributed by atoms with Crippen molar-refractivity contribution in [1.29, 1.82) is 0 Å². The van der Waals surface area contributed by atoms with Crippen molar-refractivity contribution in [3.05, 3.63) is 57.9 Å². The predicted octanol–water partition coefficient (Wildman–Crippen LogP) is 3.05. The number of nitro groups is 1. The van der Waals surface area contributed by atoms with E-state index in [4.69, 9.17) is 4.42 Å². The first kappa shape index (κ1) is 13.0. The lowest BCUT2D eigenvalue weighted by molar-refractivity contribution is -0.384. The van der Waals surface area contributed by atoms with Crippen molar-refractivity contribution < 1.29 is 9.34 Å². The molecule has 1 aromatic carbocycles. The summed E-state index contributed by atoms with van der Waals surface area (Å²) >= 11 is 0. The Kier molecular flexibility index (Phi) is 3.23. The van der Waals surface area contributed by atoms with Crippen LogP contribution in [0.5, 0.6) is 0 Å². The molecule has 0 radical (unpaired) electrons. The van der Waals surface area contributed by atoms with Gasteiger partial charge in [-0.1, -0.05) is 6.07 Å². The van der Waals surface area contributed by atoms with Crippen LogP contribution in [0.3, 0.4) is 0 Å². The molecule has 1 N–H and O–H groups in total. The highest BCUT2D eigenvalue weighted by atomic mass is 16.6. The number of aromatic nitrogens is 2. The van der Waals surface area contributed by atoms with Crippen LogP contribution >= 0.6 is 0 Å². The summed E-state index contributed by atoms with van der Waals surface area (Å²) in [5, 5.41) is 13.7. The average Bonchev–Trinajstić information content (AvgIpc) is 2.88. The van der Waals surface area contributed by atoms with Crippen LogP contribution in [-0.4, -0.2) is 14.9 Å². The highest BCUT2D eigenvalue weighted by molar-refractivity contribution is 5.77. The van der Waals surface area contributed by atoms with Crippen LogP contribution in [0.1, 0.15) is 11.3 Å². The quantitative estimate of drug-likeness (QED) is 0.584. The second-order valence-corrected chi connectivity index (χ2v) is 4.55. The first-order valence-corrected chi connectivity index (χ1v) is 6.33. The number of nitro benzene ring substituents is 1. The monoisotopic (exact) mass is 284 g/mol. The van der Waals surface area contributed by atoms with Gasteiger partial charge in [-0.3, -0.25) is 15.1 Å². The van der Waals surface area contributed by atoms with E-state index < -0.39 is 4.92 Å². The third kappa shape index (κ3) is 2.66. The van der Waals surface area contributed by atoms with Gasteiger partial charge in [0.15, 0.2) is 5.58 Å². The van der Waals surface area contributed by atoms with E-state index in [1.165, 1.54) is 12.1 Å². The number of nitrogens with one attached hydrogen (secondary N) is 1. The molecule has 3 aromatic rings. The topological polar surface area (TPSA) is 94.1 Å². The minimum absolute atomic E-state index is 0.0224. The normalized spacial score (nSPS) is 10.7. The number of aryl methyl sites for hydroxylation is 1. The zero-order valence-electron chi connectivity index (χ0n) is 11.2. The lowest BCUT2D eigenvalue weighted by Gasteiger charge is -2.03. The van der Waals surface area contributed by atoms with Gasteiger partial charge in [-0.05, 0) is 24.6 Å². The Morgan fingerprint density at radius 1 is 1.38 bits per heavy atom. The second-order valence-electron chi connectivity index (χ2n) is 4.55. The van der Waals surface area contributed by atoms with Crippen molar-refractivity contribution in [3.8, 4) is 0 Å². The Morgan fingerprint density at radius 2 is 2.24 bits per heavy atom. The molecule has 0 spiro atoms. The van der Waals surface area contributed by atoms with E-state index in [1.54, 1.807) is 12.3 Å². The van der Waals surface area contributed by atoms with Gasteiger partial charge in [0, 0.05) is 12.3 Å². The summed E-state index contributed by atoms with van der Waals surface area (Å²) in [5.41, 5.74) is 2.89. The van der Waals surface area contributed by atoms with Gasteiger partial charge < -0.3 is 9.73 Å². The number of hydrogen-bond donors (Lipinski definition) is 1. The fourth-order valence-electron chi connectivity index (χ4n) is 1.97. The molecule has 7 heteroatoms.